The lowest BCUT2D eigenvalue weighted by molar-refractivity contribution is -0.116. The molecule has 6 nitrogen and oxygen atoms in total. The Morgan fingerprint density at radius 1 is 1.03 bits per heavy atom. The van der Waals surface area contributed by atoms with Crippen molar-refractivity contribution in [1.82, 2.24) is 10.2 Å². The first-order valence-electron chi connectivity index (χ1n) is 10.3. The predicted molar refractivity (Wildman–Crippen MR) is 119 cm³/mol. The molecule has 0 aliphatic carbocycles. The van der Waals surface area contributed by atoms with Gasteiger partial charge in [0.15, 0.2) is 5.82 Å². The highest BCUT2D eigenvalue weighted by molar-refractivity contribution is 5.91. The fraction of sp³-hybridized carbons (Fsp3) is 0.292. The van der Waals surface area contributed by atoms with Crippen molar-refractivity contribution in [1.29, 1.82) is 0 Å². The monoisotopic (exact) mass is 402 g/mol. The minimum atomic E-state index is -0.0153. The van der Waals surface area contributed by atoms with E-state index in [1.165, 1.54) is 12.8 Å². The maximum Gasteiger partial charge on any atom is 0.224 e. The number of ether oxygens (including phenoxy) is 1. The molecule has 154 valence electrons. The van der Waals surface area contributed by atoms with Crippen molar-refractivity contribution >= 4 is 17.4 Å². The van der Waals surface area contributed by atoms with Gasteiger partial charge >= 0.3 is 0 Å². The number of aryl methyl sites for hydroxylation is 1. The number of methoxy groups -OCH3 is 1. The molecule has 0 bridgehead atoms. The maximum atomic E-state index is 12.4. The summed E-state index contributed by atoms with van der Waals surface area (Å²) in [5, 5.41) is 11.8. The molecule has 0 spiro atoms. The van der Waals surface area contributed by atoms with Crippen LogP contribution < -0.4 is 15.0 Å². The summed E-state index contributed by atoms with van der Waals surface area (Å²) in [7, 11) is 1.64. The van der Waals surface area contributed by atoms with Crippen LogP contribution in [0.3, 0.4) is 0 Å². The highest BCUT2D eigenvalue weighted by Gasteiger charge is 2.14. The molecule has 6 heteroatoms. The molecule has 30 heavy (non-hydrogen) atoms. The second-order valence-corrected chi connectivity index (χ2v) is 7.45. The van der Waals surface area contributed by atoms with Crippen LogP contribution in [0, 0.1) is 0 Å². The van der Waals surface area contributed by atoms with Crippen molar-refractivity contribution in [2.75, 3.05) is 30.4 Å². The largest absolute Gasteiger partial charge is 0.497 e. The molecule has 0 unspecified atom stereocenters. The number of aromatic nitrogens is 2. The number of amides is 1. The third kappa shape index (κ3) is 4.95. The van der Waals surface area contributed by atoms with Gasteiger partial charge in [-0.2, -0.15) is 0 Å². The molecule has 1 amide bonds. The second-order valence-electron chi connectivity index (χ2n) is 7.45. The van der Waals surface area contributed by atoms with Crippen molar-refractivity contribution in [2.45, 2.75) is 25.7 Å². The van der Waals surface area contributed by atoms with Crippen molar-refractivity contribution in [3.63, 3.8) is 0 Å². The van der Waals surface area contributed by atoms with Crippen LogP contribution in [0.15, 0.2) is 60.7 Å². The van der Waals surface area contributed by atoms with Crippen LogP contribution in [0.5, 0.6) is 5.75 Å². The van der Waals surface area contributed by atoms with E-state index in [0.717, 1.165) is 47.2 Å². The number of anilines is 2. The van der Waals surface area contributed by atoms with E-state index in [2.05, 4.69) is 20.4 Å². The quantitative estimate of drug-likeness (QED) is 0.637. The topological polar surface area (TPSA) is 67.3 Å². The van der Waals surface area contributed by atoms with Gasteiger partial charge in [-0.1, -0.05) is 24.3 Å². The lowest BCUT2D eigenvalue weighted by Gasteiger charge is -2.15. The Hall–Kier alpha value is -3.41. The van der Waals surface area contributed by atoms with Gasteiger partial charge in [0.2, 0.25) is 5.91 Å². The minimum Gasteiger partial charge on any atom is -0.497 e. The van der Waals surface area contributed by atoms with Crippen LogP contribution in [0.25, 0.3) is 11.3 Å². The number of nitrogens with zero attached hydrogens (tertiary/aromatic N) is 3. The van der Waals surface area contributed by atoms with Crippen LogP contribution in [-0.2, 0) is 11.2 Å². The molecule has 1 saturated heterocycles. The maximum absolute atomic E-state index is 12.4. The standard InChI is InChI=1S/C24H26N4O2/c1-30-21-10-7-18(8-11-21)9-14-24(29)25-20-6-4-5-19(17-20)22-12-13-23(27-26-22)28-15-2-3-16-28/h4-8,10-13,17H,2-3,9,14-16H2,1H3,(H,25,29). The van der Waals surface area contributed by atoms with Crippen LogP contribution >= 0.6 is 0 Å². The van der Waals surface area contributed by atoms with Gasteiger partial charge in [-0.15, -0.1) is 10.2 Å². The molecule has 3 aromatic rings. The number of carbonyl (C=O) groups excluding carboxylic acids is 1. The van der Waals surface area contributed by atoms with Crippen molar-refractivity contribution < 1.29 is 9.53 Å². The number of nitrogens with one attached hydrogen (secondary N) is 1. The minimum absolute atomic E-state index is 0.0153. The summed E-state index contributed by atoms with van der Waals surface area (Å²) >= 11 is 0. The van der Waals surface area contributed by atoms with E-state index >= 15 is 0 Å². The van der Waals surface area contributed by atoms with E-state index in [0.29, 0.717) is 12.8 Å². The molecular formula is C24H26N4O2. The molecule has 0 saturated carbocycles. The van der Waals surface area contributed by atoms with Gasteiger partial charge in [-0.05, 0) is 61.2 Å². The molecule has 2 heterocycles. The normalized spacial score (nSPS) is 13.3. The lowest BCUT2D eigenvalue weighted by atomic mass is 10.1. The van der Waals surface area contributed by atoms with Gasteiger partial charge < -0.3 is 15.0 Å². The Balaban J connectivity index is 1.36. The predicted octanol–water partition coefficient (Wildman–Crippen LogP) is 4.32. The SMILES string of the molecule is COc1ccc(CCC(=O)Nc2cccc(-c3ccc(N4CCCC4)nn3)c2)cc1. The molecule has 1 fully saturated rings. The Labute approximate surface area is 176 Å². The van der Waals surface area contributed by atoms with E-state index in [1.54, 1.807) is 7.11 Å². The third-order valence-electron chi connectivity index (χ3n) is 5.32. The fourth-order valence-corrected chi connectivity index (χ4v) is 3.62. The molecule has 1 aliphatic heterocycles. The smallest absolute Gasteiger partial charge is 0.224 e. The average Bonchev–Trinajstić information content (AvgIpc) is 3.33. The number of rotatable bonds is 7. The zero-order valence-electron chi connectivity index (χ0n) is 17.2. The molecular weight excluding hydrogens is 376 g/mol. The molecule has 1 aliphatic rings. The summed E-state index contributed by atoms with van der Waals surface area (Å²) in [4.78, 5) is 14.6. The number of benzene rings is 2. The Morgan fingerprint density at radius 2 is 1.83 bits per heavy atom. The van der Waals surface area contributed by atoms with Gasteiger partial charge in [0.25, 0.3) is 0 Å². The van der Waals surface area contributed by atoms with Gasteiger partial charge in [0.05, 0.1) is 12.8 Å². The lowest BCUT2D eigenvalue weighted by Crippen LogP contribution is -2.19. The van der Waals surface area contributed by atoms with Gasteiger partial charge in [0.1, 0.15) is 5.75 Å². The molecule has 1 N–H and O–H groups in total. The van der Waals surface area contributed by atoms with Crippen molar-refractivity contribution in [3.8, 4) is 17.0 Å². The third-order valence-corrected chi connectivity index (χ3v) is 5.32. The zero-order chi connectivity index (χ0) is 20.8. The van der Waals surface area contributed by atoms with E-state index in [-0.39, 0.29) is 5.91 Å². The second kappa shape index (κ2) is 9.39. The molecule has 4 rings (SSSR count). The molecule has 1 aromatic heterocycles. The van der Waals surface area contributed by atoms with E-state index in [1.807, 2.05) is 60.7 Å². The van der Waals surface area contributed by atoms with Gasteiger partial charge in [-0.3, -0.25) is 4.79 Å². The first kappa shape index (κ1) is 19.9. The van der Waals surface area contributed by atoms with Crippen molar-refractivity contribution in [2.24, 2.45) is 0 Å². The number of carbonyl (C=O) groups is 1. The van der Waals surface area contributed by atoms with Crippen LogP contribution in [0.4, 0.5) is 11.5 Å². The number of hydrogen-bond acceptors (Lipinski definition) is 5. The Morgan fingerprint density at radius 3 is 2.53 bits per heavy atom. The number of hydrogen-bond donors (Lipinski definition) is 1. The Bertz CT molecular complexity index is 981. The summed E-state index contributed by atoms with van der Waals surface area (Å²) < 4.78 is 5.16. The summed E-state index contributed by atoms with van der Waals surface area (Å²) in [6.07, 6.45) is 3.52. The summed E-state index contributed by atoms with van der Waals surface area (Å²) in [6, 6.07) is 19.5. The highest BCUT2D eigenvalue weighted by atomic mass is 16.5. The first-order valence-corrected chi connectivity index (χ1v) is 10.3. The van der Waals surface area contributed by atoms with Gasteiger partial charge in [-0.25, -0.2) is 0 Å². The van der Waals surface area contributed by atoms with Crippen LogP contribution in [0.2, 0.25) is 0 Å². The van der Waals surface area contributed by atoms with Gasteiger partial charge in [0, 0.05) is 30.8 Å². The fourth-order valence-electron chi connectivity index (χ4n) is 3.62. The summed E-state index contributed by atoms with van der Waals surface area (Å²) in [6.45, 7) is 2.10. The van der Waals surface area contributed by atoms with Crippen LogP contribution in [-0.4, -0.2) is 36.3 Å². The zero-order valence-corrected chi connectivity index (χ0v) is 17.2. The highest BCUT2D eigenvalue weighted by Crippen LogP contribution is 2.23. The van der Waals surface area contributed by atoms with Crippen LogP contribution in [0.1, 0.15) is 24.8 Å². The van der Waals surface area contributed by atoms with Crippen molar-refractivity contribution in [3.05, 3.63) is 66.2 Å². The van der Waals surface area contributed by atoms with E-state index < -0.39 is 0 Å². The average molecular weight is 402 g/mol. The Kier molecular flexibility index (Phi) is 6.23. The summed E-state index contributed by atoms with van der Waals surface area (Å²) in [5.74, 6) is 1.73. The first-order chi connectivity index (χ1) is 14.7. The molecule has 2 aromatic carbocycles. The van der Waals surface area contributed by atoms with E-state index in [9.17, 15) is 4.79 Å². The molecule has 0 atom stereocenters. The molecule has 0 radical (unpaired) electrons. The summed E-state index contributed by atoms with van der Waals surface area (Å²) in [5.41, 5.74) is 3.60. The van der Waals surface area contributed by atoms with E-state index in [4.69, 9.17) is 4.74 Å².